The number of rotatable bonds is 7. The number of aliphatic carboxylic acids is 1. The van der Waals surface area contributed by atoms with Gasteiger partial charge in [0.15, 0.2) is 0 Å². The first-order valence-electron chi connectivity index (χ1n) is 6.05. The molecule has 4 heteroatoms. The van der Waals surface area contributed by atoms with Gasteiger partial charge in [0.25, 0.3) is 0 Å². The van der Waals surface area contributed by atoms with Gasteiger partial charge in [-0.15, -0.1) is 0 Å². The third-order valence-electron chi connectivity index (χ3n) is 3.34. The fourth-order valence-corrected chi connectivity index (χ4v) is 2.28. The number of ether oxygens (including phenoxy) is 1. The van der Waals surface area contributed by atoms with Gasteiger partial charge in [0, 0.05) is 25.6 Å². The molecule has 0 radical (unpaired) electrons. The normalized spacial score (nSPS) is 24.8. The fraction of sp³-hybridized carbons (Fsp3) is 0.917. The van der Waals surface area contributed by atoms with Crippen LogP contribution in [0.4, 0.5) is 0 Å². The summed E-state index contributed by atoms with van der Waals surface area (Å²) in [5, 5.41) is 8.62. The molecule has 1 fully saturated rings. The number of carboxylic acids is 1. The van der Waals surface area contributed by atoms with Crippen LogP contribution in [0.5, 0.6) is 0 Å². The molecule has 0 spiro atoms. The lowest BCUT2D eigenvalue weighted by atomic mass is 9.87. The molecule has 0 bridgehead atoms. The van der Waals surface area contributed by atoms with Gasteiger partial charge >= 0.3 is 5.97 Å². The predicted molar refractivity (Wildman–Crippen MR) is 62.5 cm³/mol. The zero-order valence-corrected chi connectivity index (χ0v) is 10.5. The molecule has 0 unspecified atom stereocenters. The minimum Gasteiger partial charge on any atom is -0.481 e. The van der Waals surface area contributed by atoms with Crippen molar-refractivity contribution < 1.29 is 14.6 Å². The van der Waals surface area contributed by atoms with Gasteiger partial charge in [-0.05, 0) is 39.7 Å². The second kappa shape index (κ2) is 6.21. The molecule has 94 valence electrons. The number of hydrogen-bond donors (Lipinski definition) is 1. The van der Waals surface area contributed by atoms with Gasteiger partial charge in [-0.3, -0.25) is 9.69 Å². The second-order valence-electron chi connectivity index (χ2n) is 4.81. The number of carboxylic acid groups (broad SMARTS) is 1. The summed E-state index contributed by atoms with van der Waals surface area (Å²) in [5.41, 5.74) is 0. The third-order valence-corrected chi connectivity index (χ3v) is 3.34. The average Bonchev–Trinajstić information content (AvgIpc) is 2.12. The third kappa shape index (κ3) is 3.76. The summed E-state index contributed by atoms with van der Waals surface area (Å²) in [5.74, 6) is -0.702. The molecule has 0 aromatic carbocycles. The maximum absolute atomic E-state index is 10.5. The summed E-state index contributed by atoms with van der Waals surface area (Å²) >= 11 is 0. The zero-order chi connectivity index (χ0) is 12.1. The van der Waals surface area contributed by atoms with E-state index in [0.717, 1.165) is 25.8 Å². The first-order chi connectivity index (χ1) is 7.54. The Morgan fingerprint density at radius 1 is 1.50 bits per heavy atom. The average molecular weight is 229 g/mol. The van der Waals surface area contributed by atoms with Crippen LogP contribution in [-0.2, 0) is 9.53 Å². The fourth-order valence-electron chi connectivity index (χ4n) is 2.28. The van der Waals surface area contributed by atoms with Crippen LogP contribution in [0.3, 0.4) is 0 Å². The van der Waals surface area contributed by atoms with E-state index < -0.39 is 5.97 Å². The van der Waals surface area contributed by atoms with Gasteiger partial charge in [-0.25, -0.2) is 0 Å². The van der Waals surface area contributed by atoms with Crippen LogP contribution in [-0.4, -0.2) is 47.8 Å². The standard InChI is InChI=1S/C12H23NO3/c1-9(2)13(6-4-5-12(14)15)10-7-11(8-10)16-3/h9-11H,4-8H2,1-3H3,(H,14,15). The highest BCUT2D eigenvalue weighted by Crippen LogP contribution is 2.29. The van der Waals surface area contributed by atoms with E-state index in [2.05, 4.69) is 18.7 Å². The Bertz CT molecular complexity index is 224. The van der Waals surface area contributed by atoms with Gasteiger partial charge in [-0.2, -0.15) is 0 Å². The van der Waals surface area contributed by atoms with Crippen LogP contribution in [0, 0.1) is 0 Å². The van der Waals surface area contributed by atoms with E-state index in [1.165, 1.54) is 0 Å². The van der Waals surface area contributed by atoms with Crippen LogP contribution >= 0.6 is 0 Å². The predicted octanol–water partition coefficient (Wildman–Crippen LogP) is 1.74. The smallest absolute Gasteiger partial charge is 0.303 e. The lowest BCUT2D eigenvalue weighted by Crippen LogP contribution is -2.50. The van der Waals surface area contributed by atoms with Gasteiger partial charge < -0.3 is 9.84 Å². The monoisotopic (exact) mass is 229 g/mol. The first-order valence-corrected chi connectivity index (χ1v) is 6.05. The van der Waals surface area contributed by atoms with Crippen LogP contribution in [0.1, 0.15) is 39.5 Å². The minimum absolute atomic E-state index is 0.268. The van der Waals surface area contributed by atoms with Crippen molar-refractivity contribution in [1.29, 1.82) is 0 Å². The highest BCUT2D eigenvalue weighted by Gasteiger charge is 2.34. The Morgan fingerprint density at radius 2 is 2.12 bits per heavy atom. The topological polar surface area (TPSA) is 49.8 Å². The van der Waals surface area contributed by atoms with Crippen molar-refractivity contribution in [3.63, 3.8) is 0 Å². The number of carbonyl (C=O) groups is 1. The van der Waals surface area contributed by atoms with Crippen molar-refractivity contribution in [1.82, 2.24) is 4.90 Å². The highest BCUT2D eigenvalue weighted by molar-refractivity contribution is 5.66. The Kier molecular flexibility index (Phi) is 5.22. The molecule has 0 amide bonds. The number of hydrogen-bond acceptors (Lipinski definition) is 3. The van der Waals surface area contributed by atoms with Gasteiger partial charge in [-0.1, -0.05) is 0 Å². The van der Waals surface area contributed by atoms with Crippen LogP contribution in [0.15, 0.2) is 0 Å². The van der Waals surface area contributed by atoms with E-state index in [1.807, 2.05) is 0 Å². The SMILES string of the molecule is COC1CC(N(CCCC(=O)O)C(C)C)C1. The summed E-state index contributed by atoms with van der Waals surface area (Å²) in [6.45, 7) is 5.22. The quantitative estimate of drug-likeness (QED) is 0.722. The van der Waals surface area contributed by atoms with Crippen LogP contribution in [0.2, 0.25) is 0 Å². The maximum Gasteiger partial charge on any atom is 0.303 e. The molecule has 0 aromatic heterocycles. The molecule has 16 heavy (non-hydrogen) atoms. The Labute approximate surface area is 97.6 Å². The number of nitrogens with zero attached hydrogens (tertiary/aromatic N) is 1. The van der Waals surface area contributed by atoms with Crippen molar-refractivity contribution >= 4 is 5.97 Å². The van der Waals surface area contributed by atoms with Crippen molar-refractivity contribution in [2.75, 3.05) is 13.7 Å². The van der Waals surface area contributed by atoms with Crippen molar-refractivity contribution in [3.05, 3.63) is 0 Å². The molecule has 1 saturated carbocycles. The molecule has 1 aliphatic carbocycles. The molecular weight excluding hydrogens is 206 g/mol. The van der Waals surface area contributed by atoms with E-state index in [1.54, 1.807) is 7.11 Å². The Morgan fingerprint density at radius 3 is 2.56 bits per heavy atom. The molecule has 0 saturated heterocycles. The first kappa shape index (κ1) is 13.5. The summed E-state index contributed by atoms with van der Waals surface area (Å²) in [7, 11) is 1.75. The summed E-state index contributed by atoms with van der Waals surface area (Å²) < 4.78 is 5.27. The van der Waals surface area contributed by atoms with Crippen LogP contribution < -0.4 is 0 Å². The zero-order valence-electron chi connectivity index (χ0n) is 10.5. The molecule has 0 atom stereocenters. The van der Waals surface area contributed by atoms with Gasteiger partial charge in [0.2, 0.25) is 0 Å². The summed E-state index contributed by atoms with van der Waals surface area (Å²) in [6, 6.07) is 1.07. The number of methoxy groups -OCH3 is 1. The second-order valence-corrected chi connectivity index (χ2v) is 4.81. The van der Waals surface area contributed by atoms with Gasteiger partial charge in [0.1, 0.15) is 0 Å². The van der Waals surface area contributed by atoms with Crippen molar-refractivity contribution in [3.8, 4) is 0 Å². The Balaban J connectivity index is 2.29. The van der Waals surface area contributed by atoms with Crippen LogP contribution in [0.25, 0.3) is 0 Å². The van der Waals surface area contributed by atoms with E-state index in [4.69, 9.17) is 9.84 Å². The van der Waals surface area contributed by atoms with Gasteiger partial charge in [0.05, 0.1) is 6.10 Å². The van der Waals surface area contributed by atoms with Crippen molar-refractivity contribution in [2.45, 2.75) is 57.7 Å². The molecule has 1 aliphatic rings. The van der Waals surface area contributed by atoms with E-state index in [0.29, 0.717) is 18.2 Å². The Hall–Kier alpha value is -0.610. The molecular formula is C12H23NO3. The highest BCUT2D eigenvalue weighted by atomic mass is 16.5. The van der Waals surface area contributed by atoms with E-state index in [-0.39, 0.29) is 6.42 Å². The largest absolute Gasteiger partial charge is 0.481 e. The van der Waals surface area contributed by atoms with E-state index >= 15 is 0 Å². The maximum atomic E-state index is 10.5. The molecule has 0 heterocycles. The molecule has 1 N–H and O–H groups in total. The molecule has 1 rings (SSSR count). The summed E-state index contributed by atoms with van der Waals surface area (Å²) in [4.78, 5) is 12.9. The summed E-state index contributed by atoms with van der Waals surface area (Å²) in [6.07, 6.45) is 3.58. The minimum atomic E-state index is -0.702. The molecule has 4 nitrogen and oxygen atoms in total. The van der Waals surface area contributed by atoms with E-state index in [9.17, 15) is 4.79 Å². The van der Waals surface area contributed by atoms with Crippen molar-refractivity contribution in [2.24, 2.45) is 0 Å². The molecule has 0 aromatic rings. The lowest BCUT2D eigenvalue weighted by Gasteiger charge is -2.44. The lowest BCUT2D eigenvalue weighted by molar-refractivity contribution is -0.137. The molecule has 0 aliphatic heterocycles.